The van der Waals surface area contributed by atoms with E-state index in [9.17, 15) is 0 Å². The Morgan fingerprint density at radius 3 is 1.74 bits per heavy atom. The molecule has 6 heteroatoms. The summed E-state index contributed by atoms with van der Waals surface area (Å²) in [5.41, 5.74) is 9.14. The van der Waals surface area contributed by atoms with Gasteiger partial charge in [-0.1, -0.05) is 6.07 Å². The van der Waals surface area contributed by atoms with Gasteiger partial charge in [-0.25, -0.2) is 0 Å². The van der Waals surface area contributed by atoms with Gasteiger partial charge < -0.3 is 29.4 Å². The molecule has 0 aromatic heterocycles. The van der Waals surface area contributed by atoms with Crippen molar-refractivity contribution in [1.29, 1.82) is 0 Å². The summed E-state index contributed by atoms with van der Waals surface area (Å²) >= 11 is 0. The molecule has 0 aliphatic rings. The summed E-state index contributed by atoms with van der Waals surface area (Å²) in [5, 5.41) is 0. The molecule has 0 aliphatic carbocycles. The lowest BCUT2D eigenvalue weighted by molar-refractivity contribution is 0.323. The van der Waals surface area contributed by atoms with Crippen LogP contribution in [-0.2, 0) is 19.3 Å². The molecule has 0 atom stereocenters. The molecule has 0 fully saturated rings. The fourth-order valence-corrected chi connectivity index (χ4v) is 3.24. The van der Waals surface area contributed by atoms with Crippen LogP contribution in [0.4, 0.5) is 0 Å². The first-order chi connectivity index (χ1) is 13.1. The maximum absolute atomic E-state index is 5.79. The van der Waals surface area contributed by atoms with Crippen molar-refractivity contribution in [2.45, 2.75) is 19.3 Å². The minimum absolute atomic E-state index is 0.576. The number of hydrogen-bond acceptors (Lipinski definition) is 6. The third kappa shape index (κ3) is 4.57. The first-order valence-electron chi connectivity index (χ1n) is 8.85. The molecule has 0 spiro atoms. The third-order valence-electron chi connectivity index (χ3n) is 4.55. The summed E-state index contributed by atoms with van der Waals surface area (Å²) in [7, 11) is 8.13. The summed E-state index contributed by atoms with van der Waals surface area (Å²) < 4.78 is 27.4. The Balaban J connectivity index is 2.38. The highest BCUT2D eigenvalue weighted by Gasteiger charge is 2.17. The zero-order valence-corrected chi connectivity index (χ0v) is 16.8. The lowest BCUT2D eigenvalue weighted by Crippen LogP contribution is -2.08. The number of aryl methyl sites for hydroxylation is 1. The SMILES string of the molecule is COc1cc(CCc2c(CCN)ccc(OC)c2OC)cc(OC)c1OC. The number of methoxy groups -OCH3 is 5. The predicted molar refractivity (Wildman–Crippen MR) is 106 cm³/mol. The van der Waals surface area contributed by atoms with Crippen LogP contribution < -0.4 is 29.4 Å². The second-order valence-electron chi connectivity index (χ2n) is 6.01. The van der Waals surface area contributed by atoms with Crippen LogP contribution in [0.5, 0.6) is 28.7 Å². The van der Waals surface area contributed by atoms with Gasteiger partial charge in [-0.3, -0.25) is 0 Å². The normalized spacial score (nSPS) is 10.4. The molecule has 6 nitrogen and oxygen atoms in total. The third-order valence-corrected chi connectivity index (χ3v) is 4.55. The highest BCUT2D eigenvalue weighted by Crippen LogP contribution is 2.39. The van der Waals surface area contributed by atoms with Gasteiger partial charge in [0, 0.05) is 5.56 Å². The maximum Gasteiger partial charge on any atom is 0.203 e. The number of ether oxygens (including phenoxy) is 5. The topological polar surface area (TPSA) is 72.2 Å². The van der Waals surface area contributed by atoms with Crippen molar-refractivity contribution in [2.24, 2.45) is 5.73 Å². The maximum atomic E-state index is 5.79. The lowest BCUT2D eigenvalue weighted by atomic mass is 9.96. The molecule has 2 aromatic rings. The van der Waals surface area contributed by atoms with Crippen LogP contribution in [0.2, 0.25) is 0 Å². The second kappa shape index (κ2) is 9.92. The van der Waals surface area contributed by atoms with E-state index in [1.807, 2.05) is 18.2 Å². The summed E-state index contributed by atoms with van der Waals surface area (Å²) in [4.78, 5) is 0. The lowest BCUT2D eigenvalue weighted by Gasteiger charge is -2.18. The van der Waals surface area contributed by atoms with E-state index in [0.717, 1.165) is 41.9 Å². The smallest absolute Gasteiger partial charge is 0.203 e. The van der Waals surface area contributed by atoms with Gasteiger partial charge in [-0.2, -0.15) is 0 Å². The number of rotatable bonds is 10. The summed E-state index contributed by atoms with van der Waals surface area (Å²) in [6, 6.07) is 7.92. The van der Waals surface area contributed by atoms with E-state index in [-0.39, 0.29) is 0 Å². The predicted octanol–water partition coefficient (Wildman–Crippen LogP) is 3.02. The van der Waals surface area contributed by atoms with Crippen LogP contribution in [0.3, 0.4) is 0 Å². The minimum atomic E-state index is 0.576. The summed E-state index contributed by atoms with van der Waals surface area (Å²) in [6.07, 6.45) is 2.33. The van der Waals surface area contributed by atoms with Gasteiger partial charge in [-0.05, 0) is 55.1 Å². The molecule has 0 amide bonds. The van der Waals surface area contributed by atoms with Crippen LogP contribution in [0.1, 0.15) is 16.7 Å². The van der Waals surface area contributed by atoms with Gasteiger partial charge >= 0.3 is 0 Å². The number of benzene rings is 2. The van der Waals surface area contributed by atoms with E-state index in [2.05, 4.69) is 6.07 Å². The Morgan fingerprint density at radius 1 is 0.667 bits per heavy atom. The quantitative estimate of drug-likeness (QED) is 0.688. The van der Waals surface area contributed by atoms with Gasteiger partial charge in [0.05, 0.1) is 35.5 Å². The van der Waals surface area contributed by atoms with E-state index in [1.54, 1.807) is 35.5 Å². The largest absolute Gasteiger partial charge is 0.493 e. The van der Waals surface area contributed by atoms with E-state index in [0.29, 0.717) is 23.8 Å². The van der Waals surface area contributed by atoms with Crippen molar-refractivity contribution in [2.75, 3.05) is 42.1 Å². The van der Waals surface area contributed by atoms with Crippen LogP contribution in [-0.4, -0.2) is 42.1 Å². The molecule has 0 saturated heterocycles. The van der Waals surface area contributed by atoms with Crippen molar-refractivity contribution in [3.63, 3.8) is 0 Å². The number of nitrogens with two attached hydrogens (primary N) is 1. The van der Waals surface area contributed by atoms with Crippen molar-refractivity contribution >= 4 is 0 Å². The van der Waals surface area contributed by atoms with Crippen LogP contribution >= 0.6 is 0 Å². The molecule has 0 saturated carbocycles. The fourth-order valence-electron chi connectivity index (χ4n) is 3.24. The Morgan fingerprint density at radius 2 is 1.26 bits per heavy atom. The van der Waals surface area contributed by atoms with Crippen LogP contribution in [0.25, 0.3) is 0 Å². The van der Waals surface area contributed by atoms with E-state index >= 15 is 0 Å². The summed E-state index contributed by atoms with van der Waals surface area (Å²) in [6.45, 7) is 0.576. The average Bonchev–Trinajstić information content (AvgIpc) is 2.71. The first-order valence-corrected chi connectivity index (χ1v) is 8.85. The van der Waals surface area contributed by atoms with Gasteiger partial charge in [-0.15, -0.1) is 0 Å². The second-order valence-corrected chi connectivity index (χ2v) is 6.01. The van der Waals surface area contributed by atoms with Crippen molar-refractivity contribution in [3.05, 3.63) is 41.0 Å². The molecule has 0 radical (unpaired) electrons. The van der Waals surface area contributed by atoms with E-state index in [4.69, 9.17) is 29.4 Å². The Bertz CT molecular complexity index is 735. The zero-order valence-electron chi connectivity index (χ0n) is 16.8. The zero-order chi connectivity index (χ0) is 19.8. The van der Waals surface area contributed by atoms with Crippen molar-refractivity contribution < 1.29 is 23.7 Å². The molecule has 148 valence electrons. The van der Waals surface area contributed by atoms with Crippen molar-refractivity contribution in [1.82, 2.24) is 0 Å². The van der Waals surface area contributed by atoms with Crippen molar-refractivity contribution in [3.8, 4) is 28.7 Å². The van der Waals surface area contributed by atoms with Gasteiger partial charge in [0.15, 0.2) is 23.0 Å². The van der Waals surface area contributed by atoms with Gasteiger partial charge in [0.1, 0.15) is 0 Å². The molecule has 2 rings (SSSR count). The molecule has 2 aromatic carbocycles. The highest BCUT2D eigenvalue weighted by atomic mass is 16.5. The number of hydrogen-bond donors (Lipinski definition) is 1. The Kier molecular flexibility index (Phi) is 7.61. The standard InChI is InChI=1S/C21H29NO5/c1-23-17-9-7-15(10-11-22)16(20(17)26-4)8-6-14-12-18(24-2)21(27-5)19(13-14)25-3/h7,9,12-13H,6,8,10-11,22H2,1-5H3. The minimum Gasteiger partial charge on any atom is -0.493 e. The average molecular weight is 375 g/mol. The molecule has 0 unspecified atom stereocenters. The fraction of sp³-hybridized carbons (Fsp3) is 0.429. The molecule has 2 N–H and O–H groups in total. The monoisotopic (exact) mass is 375 g/mol. The molecule has 27 heavy (non-hydrogen) atoms. The van der Waals surface area contributed by atoms with Gasteiger partial charge in [0.25, 0.3) is 0 Å². The molecular formula is C21H29NO5. The molecular weight excluding hydrogens is 346 g/mol. The Hall–Kier alpha value is -2.60. The van der Waals surface area contributed by atoms with E-state index in [1.165, 1.54) is 5.56 Å². The van der Waals surface area contributed by atoms with Gasteiger partial charge in [0.2, 0.25) is 5.75 Å². The van der Waals surface area contributed by atoms with Crippen LogP contribution in [0.15, 0.2) is 24.3 Å². The molecule has 0 bridgehead atoms. The summed E-state index contributed by atoms with van der Waals surface area (Å²) in [5.74, 6) is 3.36. The first kappa shape index (κ1) is 20.7. The van der Waals surface area contributed by atoms with Crippen LogP contribution in [0, 0.1) is 0 Å². The molecule has 0 heterocycles. The molecule has 0 aliphatic heterocycles. The highest BCUT2D eigenvalue weighted by molar-refractivity contribution is 5.55. The Labute approximate surface area is 161 Å². The van der Waals surface area contributed by atoms with E-state index < -0.39 is 0 Å².